The van der Waals surface area contributed by atoms with Gasteiger partial charge in [-0.25, -0.2) is 4.79 Å². The number of amides is 4. The molecule has 4 amide bonds. The quantitative estimate of drug-likeness (QED) is 0.171. The Bertz CT molecular complexity index is 1260. The number of aliphatic carboxylic acids is 1. The van der Waals surface area contributed by atoms with Crippen LogP contribution in [0.1, 0.15) is 55.7 Å². The summed E-state index contributed by atoms with van der Waals surface area (Å²) in [6.07, 6.45) is -0.939. The second-order valence-corrected chi connectivity index (χ2v) is 9.78. The number of hydrogen-bond donors (Lipinski definition) is 5. The van der Waals surface area contributed by atoms with Gasteiger partial charge in [0.05, 0.1) is 31.6 Å². The molecule has 1 fully saturated rings. The molecule has 2 aromatic rings. The lowest BCUT2D eigenvalue weighted by molar-refractivity contribution is -0.140. The molecule has 2 heterocycles. The van der Waals surface area contributed by atoms with Gasteiger partial charge in [-0.1, -0.05) is 43.7 Å². The average Bonchev–Trinajstić information content (AvgIpc) is 3.66. The van der Waals surface area contributed by atoms with E-state index in [1.807, 2.05) is 6.92 Å². The lowest BCUT2D eigenvalue weighted by Crippen LogP contribution is -2.53. The van der Waals surface area contributed by atoms with Gasteiger partial charge in [-0.15, -0.1) is 10.2 Å². The number of carbonyl (C=O) groups is 6. The van der Waals surface area contributed by atoms with Crippen LogP contribution in [0.25, 0.3) is 0 Å². The molecule has 0 unspecified atom stereocenters. The molecule has 0 spiro atoms. The van der Waals surface area contributed by atoms with E-state index in [1.165, 1.54) is 4.90 Å². The Morgan fingerprint density at radius 1 is 1.12 bits per heavy atom. The number of carbonyl (C=O) groups excluding carboxylic acids is 5. The summed E-state index contributed by atoms with van der Waals surface area (Å²) in [5.74, 6) is -4.23. The van der Waals surface area contributed by atoms with Crippen LogP contribution in [-0.4, -0.2) is 97.5 Å². The summed E-state index contributed by atoms with van der Waals surface area (Å²) in [5, 5.41) is 29.7. The number of H-pyrrole nitrogens is 1. The summed E-state index contributed by atoms with van der Waals surface area (Å²) >= 11 is 0. The highest BCUT2D eigenvalue weighted by atomic mass is 16.5. The zero-order valence-electron chi connectivity index (χ0n) is 23.2. The predicted molar refractivity (Wildman–Crippen MR) is 143 cm³/mol. The smallest absolute Gasteiger partial charge is 0.338 e. The summed E-state index contributed by atoms with van der Waals surface area (Å²) in [6.45, 7) is 2.91. The molecule has 0 radical (unpaired) electrons. The van der Waals surface area contributed by atoms with Crippen LogP contribution in [-0.2, 0) is 35.3 Å². The van der Waals surface area contributed by atoms with Crippen molar-refractivity contribution in [1.29, 1.82) is 0 Å². The van der Waals surface area contributed by atoms with Crippen molar-refractivity contribution >= 4 is 35.6 Å². The molecule has 0 saturated carbocycles. The highest BCUT2D eigenvalue weighted by molar-refractivity contribution is 5.94. The van der Waals surface area contributed by atoms with Crippen LogP contribution in [0.5, 0.6) is 0 Å². The number of nitrogens with one attached hydrogen (secondary N) is 4. The van der Waals surface area contributed by atoms with Crippen LogP contribution in [0, 0.1) is 5.92 Å². The maximum absolute atomic E-state index is 13.3. The summed E-state index contributed by atoms with van der Waals surface area (Å²) in [7, 11) is 0. The molecule has 42 heavy (non-hydrogen) atoms. The van der Waals surface area contributed by atoms with Gasteiger partial charge in [0.1, 0.15) is 18.2 Å². The van der Waals surface area contributed by atoms with E-state index >= 15 is 0 Å². The van der Waals surface area contributed by atoms with Crippen molar-refractivity contribution in [2.45, 2.75) is 64.3 Å². The first-order valence-electron chi connectivity index (χ1n) is 13.4. The van der Waals surface area contributed by atoms with Gasteiger partial charge in [0.2, 0.25) is 23.6 Å². The van der Waals surface area contributed by atoms with Crippen LogP contribution in [0.4, 0.5) is 0 Å². The molecule has 1 aromatic carbocycles. The molecule has 3 rings (SSSR count). The Hall–Kier alpha value is -4.89. The van der Waals surface area contributed by atoms with E-state index in [-0.39, 0.29) is 44.1 Å². The third-order valence-corrected chi connectivity index (χ3v) is 6.77. The number of ether oxygens (including phenoxy) is 1. The number of rotatable bonds is 14. The molecule has 16 nitrogen and oxygen atoms in total. The molecule has 4 atom stereocenters. The van der Waals surface area contributed by atoms with Crippen molar-refractivity contribution in [3.8, 4) is 0 Å². The first-order chi connectivity index (χ1) is 20.1. The standard InChI is InChI=1S/C26H34N8O8/c1-3-15(2)23(29-20(35)9-10-22(37)38)25(40)28-13-21(36)34-14-17(42-26(41)16-7-5-4-6-8-16)11-18(34)24(39)27-12-19-30-32-33-31-19/h4-8,15,17-18,23H,3,9-14H2,1-2H3,(H,27,39)(H,28,40)(H,29,35)(H,37,38)(H,30,31,32,33)/t15-,17+,18-,23-/m0/s1. The van der Waals surface area contributed by atoms with E-state index in [4.69, 9.17) is 9.84 Å². The maximum Gasteiger partial charge on any atom is 0.338 e. The Balaban J connectivity index is 1.66. The van der Waals surface area contributed by atoms with Crippen molar-refractivity contribution in [3.63, 3.8) is 0 Å². The van der Waals surface area contributed by atoms with Crippen molar-refractivity contribution in [1.82, 2.24) is 41.5 Å². The summed E-state index contributed by atoms with van der Waals surface area (Å²) in [4.78, 5) is 76.1. The minimum atomic E-state index is -1.14. The molecule has 0 aliphatic carbocycles. The molecule has 5 N–H and O–H groups in total. The average molecular weight is 587 g/mol. The molecular formula is C26H34N8O8. The number of hydrogen-bond acceptors (Lipinski definition) is 10. The molecule has 226 valence electrons. The summed E-state index contributed by atoms with van der Waals surface area (Å²) < 4.78 is 5.57. The van der Waals surface area contributed by atoms with Crippen LogP contribution in [0.3, 0.4) is 0 Å². The summed E-state index contributed by atoms with van der Waals surface area (Å²) in [5.41, 5.74) is 0.314. The molecule has 1 aromatic heterocycles. The van der Waals surface area contributed by atoms with Gasteiger partial charge in [0, 0.05) is 12.8 Å². The third-order valence-electron chi connectivity index (χ3n) is 6.77. The van der Waals surface area contributed by atoms with Gasteiger partial charge in [0.15, 0.2) is 5.82 Å². The number of aromatic amines is 1. The first-order valence-corrected chi connectivity index (χ1v) is 13.4. The number of tetrazole rings is 1. The van der Waals surface area contributed by atoms with Gasteiger partial charge in [-0.2, -0.15) is 5.21 Å². The topological polar surface area (TPSA) is 226 Å². The molecule has 1 saturated heterocycles. The molecule has 16 heteroatoms. The first kappa shape index (κ1) is 31.6. The van der Waals surface area contributed by atoms with Gasteiger partial charge in [-0.3, -0.25) is 24.0 Å². The normalized spacial score (nSPS) is 17.5. The van der Waals surface area contributed by atoms with Gasteiger partial charge in [0.25, 0.3) is 0 Å². The summed E-state index contributed by atoms with van der Waals surface area (Å²) in [6, 6.07) is 6.25. The minimum absolute atomic E-state index is 0.0193. The number of likely N-dealkylation sites (tertiary alicyclic amines) is 1. The third kappa shape index (κ3) is 9.07. The van der Waals surface area contributed by atoms with Crippen LogP contribution < -0.4 is 16.0 Å². The number of carboxylic acid groups (broad SMARTS) is 1. The van der Waals surface area contributed by atoms with Gasteiger partial charge in [-0.05, 0) is 18.1 Å². The fourth-order valence-corrected chi connectivity index (χ4v) is 4.28. The van der Waals surface area contributed by atoms with E-state index in [2.05, 4.69) is 36.6 Å². The molecule has 1 aliphatic rings. The lowest BCUT2D eigenvalue weighted by atomic mass is 9.98. The van der Waals surface area contributed by atoms with E-state index in [9.17, 15) is 28.8 Å². The number of nitrogens with zero attached hydrogens (tertiary/aromatic N) is 4. The lowest BCUT2D eigenvalue weighted by Gasteiger charge is -2.26. The van der Waals surface area contributed by atoms with Crippen molar-refractivity contribution in [3.05, 3.63) is 41.7 Å². The van der Waals surface area contributed by atoms with Crippen LogP contribution in [0.2, 0.25) is 0 Å². The number of benzene rings is 1. The Morgan fingerprint density at radius 2 is 1.86 bits per heavy atom. The highest BCUT2D eigenvalue weighted by Gasteiger charge is 2.41. The largest absolute Gasteiger partial charge is 0.481 e. The Kier molecular flexibility index (Phi) is 11.5. The Labute approximate surface area is 240 Å². The van der Waals surface area contributed by atoms with E-state index in [1.54, 1.807) is 37.3 Å². The monoisotopic (exact) mass is 586 g/mol. The Morgan fingerprint density at radius 3 is 2.50 bits per heavy atom. The number of carboxylic acids is 1. The van der Waals surface area contributed by atoms with Crippen molar-refractivity contribution in [2.24, 2.45) is 5.92 Å². The van der Waals surface area contributed by atoms with E-state index in [0.717, 1.165) is 0 Å². The maximum atomic E-state index is 13.3. The molecule has 1 aliphatic heterocycles. The van der Waals surface area contributed by atoms with Gasteiger partial charge >= 0.3 is 11.9 Å². The zero-order chi connectivity index (χ0) is 30.6. The van der Waals surface area contributed by atoms with Crippen LogP contribution >= 0.6 is 0 Å². The second-order valence-electron chi connectivity index (χ2n) is 9.78. The van der Waals surface area contributed by atoms with Crippen molar-refractivity contribution < 1.29 is 38.6 Å². The predicted octanol–water partition coefficient (Wildman–Crippen LogP) is -0.846. The van der Waals surface area contributed by atoms with E-state index < -0.39 is 60.3 Å². The van der Waals surface area contributed by atoms with Gasteiger partial charge < -0.3 is 30.7 Å². The minimum Gasteiger partial charge on any atom is -0.481 e. The molecule has 0 bridgehead atoms. The van der Waals surface area contributed by atoms with Crippen LogP contribution in [0.15, 0.2) is 30.3 Å². The van der Waals surface area contributed by atoms with Crippen molar-refractivity contribution in [2.75, 3.05) is 13.1 Å². The second kappa shape index (κ2) is 15.2. The molecular weight excluding hydrogens is 552 g/mol. The number of aromatic nitrogens is 4. The number of esters is 1. The SMILES string of the molecule is CC[C@H](C)[C@H](NC(=O)CCC(=O)O)C(=O)NCC(=O)N1C[C@H](OC(=O)c2ccccc2)C[C@H]1C(=O)NCc1nn[nH]n1. The fourth-order valence-electron chi connectivity index (χ4n) is 4.28. The fraction of sp³-hybridized carbons (Fsp3) is 0.500. The highest BCUT2D eigenvalue weighted by Crippen LogP contribution is 2.22. The zero-order valence-corrected chi connectivity index (χ0v) is 23.2. The van der Waals surface area contributed by atoms with E-state index in [0.29, 0.717) is 12.0 Å².